The van der Waals surface area contributed by atoms with Crippen LogP contribution in [-0.4, -0.2) is 45.7 Å². The number of methoxy groups -OCH3 is 1. The van der Waals surface area contributed by atoms with Gasteiger partial charge in [0.1, 0.15) is 0 Å². The molecule has 0 unspecified atom stereocenters. The first kappa shape index (κ1) is 23.4. The molecule has 0 bridgehead atoms. The summed E-state index contributed by atoms with van der Waals surface area (Å²) in [6.07, 6.45) is -4.38. The highest BCUT2D eigenvalue weighted by atomic mass is 127. The van der Waals surface area contributed by atoms with Gasteiger partial charge in [-0.2, -0.15) is 13.2 Å². The van der Waals surface area contributed by atoms with Crippen molar-refractivity contribution in [2.24, 2.45) is 4.99 Å². The third-order valence-electron chi connectivity index (χ3n) is 2.98. The number of ether oxygens (including phenoxy) is 1. The fourth-order valence-electron chi connectivity index (χ4n) is 1.78. The Morgan fingerprint density at radius 3 is 2.56 bits per heavy atom. The van der Waals surface area contributed by atoms with E-state index in [4.69, 9.17) is 4.74 Å². The highest BCUT2D eigenvalue weighted by Crippen LogP contribution is 2.29. The van der Waals surface area contributed by atoms with Gasteiger partial charge >= 0.3 is 6.18 Å². The standard InChI is InChI=1S/C15H21F3N4O2.HI/c1-19-14(22-10-13(23)20-6-7-24-2)21-9-11-4-3-5-12(8-11)15(16,17)18;/h3-5,8H,6-7,9-10H2,1-2H3,(H,20,23)(H2,19,21,22);1H. The zero-order valence-electron chi connectivity index (χ0n) is 13.9. The summed E-state index contributed by atoms with van der Waals surface area (Å²) in [6.45, 7) is 0.947. The minimum Gasteiger partial charge on any atom is -0.383 e. The topological polar surface area (TPSA) is 74.8 Å². The molecule has 0 saturated carbocycles. The number of amides is 1. The second kappa shape index (κ2) is 11.9. The summed E-state index contributed by atoms with van der Waals surface area (Å²) >= 11 is 0. The number of halogens is 4. The third kappa shape index (κ3) is 9.48. The molecule has 1 aromatic carbocycles. The average Bonchev–Trinajstić information content (AvgIpc) is 2.55. The van der Waals surface area contributed by atoms with E-state index in [1.54, 1.807) is 6.07 Å². The van der Waals surface area contributed by atoms with Crippen molar-refractivity contribution in [1.29, 1.82) is 0 Å². The van der Waals surface area contributed by atoms with Crippen molar-refractivity contribution in [2.45, 2.75) is 12.7 Å². The number of benzene rings is 1. The Morgan fingerprint density at radius 2 is 1.96 bits per heavy atom. The Hall–Kier alpha value is -1.56. The summed E-state index contributed by atoms with van der Waals surface area (Å²) in [5.74, 6) is 0.0726. The number of rotatable bonds is 7. The molecule has 0 aliphatic heterocycles. The smallest absolute Gasteiger partial charge is 0.383 e. The Balaban J connectivity index is 0.00000576. The maximum absolute atomic E-state index is 12.7. The zero-order chi connectivity index (χ0) is 18.0. The molecule has 6 nitrogen and oxygen atoms in total. The second-order valence-electron chi connectivity index (χ2n) is 4.82. The molecular formula is C15H22F3IN4O2. The van der Waals surface area contributed by atoms with Crippen LogP contribution >= 0.6 is 24.0 Å². The molecule has 142 valence electrons. The molecule has 3 N–H and O–H groups in total. The molecule has 25 heavy (non-hydrogen) atoms. The molecule has 0 atom stereocenters. The van der Waals surface area contributed by atoms with E-state index in [2.05, 4.69) is 20.9 Å². The molecule has 1 amide bonds. The van der Waals surface area contributed by atoms with Crippen molar-refractivity contribution in [1.82, 2.24) is 16.0 Å². The molecule has 0 aliphatic carbocycles. The van der Waals surface area contributed by atoms with Crippen LogP contribution in [0.4, 0.5) is 13.2 Å². The highest BCUT2D eigenvalue weighted by Gasteiger charge is 2.30. The number of hydrogen-bond donors (Lipinski definition) is 3. The normalized spacial score (nSPS) is 11.5. The summed E-state index contributed by atoms with van der Waals surface area (Å²) in [5.41, 5.74) is -0.250. The first-order chi connectivity index (χ1) is 11.4. The monoisotopic (exact) mass is 474 g/mol. The second-order valence-corrected chi connectivity index (χ2v) is 4.82. The Bertz CT molecular complexity index is 568. The lowest BCUT2D eigenvalue weighted by Crippen LogP contribution is -2.43. The molecule has 0 spiro atoms. The number of nitrogens with zero attached hydrogens (tertiary/aromatic N) is 1. The van der Waals surface area contributed by atoms with Crippen molar-refractivity contribution >= 4 is 35.8 Å². The molecule has 1 aromatic rings. The van der Waals surface area contributed by atoms with Gasteiger partial charge in [-0.15, -0.1) is 24.0 Å². The van der Waals surface area contributed by atoms with E-state index in [1.807, 2.05) is 0 Å². The van der Waals surface area contributed by atoms with E-state index < -0.39 is 11.7 Å². The van der Waals surface area contributed by atoms with Crippen LogP contribution in [0, 0.1) is 0 Å². The van der Waals surface area contributed by atoms with Gasteiger partial charge in [0.2, 0.25) is 5.91 Å². The highest BCUT2D eigenvalue weighted by molar-refractivity contribution is 14.0. The van der Waals surface area contributed by atoms with Crippen molar-refractivity contribution in [2.75, 3.05) is 33.9 Å². The Morgan fingerprint density at radius 1 is 1.24 bits per heavy atom. The van der Waals surface area contributed by atoms with E-state index in [1.165, 1.54) is 20.2 Å². The van der Waals surface area contributed by atoms with Crippen molar-refractivity contribution in [3.8, 4) is 0 Å². The van der Waals surface area contributed by atoms with E-state index in [0.29, 0.717) is 24.7 Å². The Labute approximate surface area is 161 Å². The first-order valence-electron chi connectivity index (χ1n) is 7.23. The van der Waals surface area contributed by atoms with Gasteiger partial charge in [-0.3, -0.25) is 9.79 Å². The van der Waals surface area contributed by atoms with Gasteiger partial charge in [0.05, 0.1) is 18.7 Å². The van der Waals surface area contributed by atoms with Gasteiger partial charge in [0, 0.05) is 27.2 Å². The van der Waals surface area contributed by atoms with Crippen molar-refractivity contribution < 1.29 is 22.7 Å². The lowest BCUT2D eigenvalue weighted by Gasteiger charge is -2.13. The summed E-state index contributed by atoms with van der Waals surface area (Å²) in [4.78, 5) is 15.4. The van der Waals surface area contributed by atoms with Crippen LogP contribution < -0.4 is 16.0 Å². The average molecular weight is 474 g/mol. The number of carbonyl (C=O) groups is 1. The lowest BCUT2D eigenvalue weighted by atomic mass is 10.1. The number of hydrogen-bond acceptors (Lipinski definition) is 3. The molecule has 0 radical (unpaired) electrons. The number of guanidine groups is 1. The fraction of sp³-hybridized carbons (Fsp3) is 0.467. The zero-order valence-corrected chi connectivity index (χ0v) is 16.3. The number of aliphatic imine (C=N–C) groups is 1. The summed E-state index contributed by atoms with van der Waals surface area (Å²) in [6, 6.07) is 5.00. The number of carbonyl (C=O) groups excluding carboxylic acids is 1. The largest absolute Gasteiger partial charge is 0.416 e. The van der Waals surface area contributed by atoms with Crippen LogP contribution in [0.25, 0.3) is 0 Å². The summed E-state index contributed by atoms with van der Waals surface area (Å²) in [7, 11) is 3.04. The van der Waals surface area contributed by atoms with Crippen LogP contribution in [0.2, 0.25) is 0 Å². The van der Waals surface area contributed by atoms with Crippen LogP contribution in [0.5, 0.6) is 0 Å². The predicted molar refractivity (Wildman–Crippen MR) is 99.9 cm³/mol. The SMILES string of the molecule is CN=C(NCC(=O)NCCOC)NCc1cccc(C(F)(F)F)c1.I. The minimum atomic E-state index is -4.38. The van der Waals surface area contributed by atoms with E-state index in [-0.39, 0.29) is 43.0 Å². The molecule has 0 aliphatic rings. The molecule has 1 rings (SSSR count). The summed E-state index contributed by atoms with van der Waals surface area (Å²) < 4.78 is 42.8. The van der Waals surface area contributed by atoms with Gasteiger partial charge in [-0.1, -0.05) is 12.1 Å². The van der Waals surface area contributed by atoms with Gasteiger partial charge in [-0.05, 0) is 17.7 Å². The first-order valence-corrected chi connectivity index (χ1v) is 7.23. The predicted octanol–water partition coefficient (Wildman–Crippen LogP) is 1.75. The van der Waals surface area contributed by atoms with Gasteiger partial charge < -0.3 is 20.7 Å². The molecule has 0 saturated heterocycles. The summed E-state index contributed by atoms with van der Waals surface area (Å²) in [5, 5.41) is 8.26. The van der Waals surface area contributed by atoms with E-state index >= 15 is 0 Å². The van der Waals surface area contributed by atoms with Crippen molar-refractivity contribution in [3.63, 3.8) is 0 Å². The quantitative estimate of drug-likeness (QED) is 0.244. The van der Waals surface area contributed by atoms with E-state index in [9.17, 15) is 18.0 Å². The van der Waals surface area contributed by atoms with Crippen molar-refractivity contribution in [3.05, 3.63) is 35.4 Å². The van der Waals surface area contributed by atoms with Gasteiger partial charge in [0.15, 0.2) is 5.96 Å². The lowest BCUT2D eigenvalue weighted by molar-refractivity contribution is -0.137. The number of alkyl halides is 3. The Kier molecular flexibility index (Phi) is 11.2. The minimum absolute atomic E-state index is 0. The van der Waals surface area contributed by atoms with Crippen LogP contribution in [0.1, 0.15) is 11.1 Å². The maximum Gasteiger partial charge on any atom is 0.416 e. The molecular weight excluding hydrogens is 452 g/mol. The fourth-order valence-corrected chi connectivity index (χ4v) is 1.78. The number of nitrogens with one attached hydrogen (secondary N) is 3. The van der Waals surface area contributed by atoms with Gasteiger partial charge in [-0.25, -0.2) is 0 Å². The van der Waals surface area contributed by atoms with Crippen LogP contribution in [0.15, 0.2) is 29.3 Å². The molecule has 0 aromatic heterocycles. The molecule has 10 heteroatoms. The van der Waals surface area contributed by atoms with Crippen LogP contribution in [-0.2, 0) is 22.3 Å². The molecule has 0 fully saturated rings. The molecule has 0 heterocycles. The van der Waals surface area contributed by atoms with Crippen LogP contribution in [0.3, 0.4) is 0 Å². The third-order valence-corrected chi connectivity index (χ3v) is 2.98. The van der Waals surface area contributed by atoms with E-state index in [0.717, 1.165) is 12.1 Å². The van der Waals surface area contributed by atoms with Gasteiger partial charge in [0.25, 0.3) is 0 Å². The maximum atomic E-state index is 12.7.